The van der Waals surface area contributed by atoms with Crippen LogP contribution in [0.4, 0.5) is 0 Å². The maximum atomic E-state index is 10.2. The molecule has 0 spiro atoms. The van der Waals surface area contributed by atoms with Crippen molar-refractivity contribution in [1.82, 2.24) is 0 Å². The predicted molar refractivity (Wildman–Crippen MR) is 173 cm³/mol. The van der Waals surface area contributed by atoms with E-state index >= 15 is 0 Å². The van der Waals surface area contributed by atoms with Gasteiger partial charge in [0.1, 0.15) is 0 Å². The Bertz CT molecular complexity index is 454. The first-order valence-electron chi connectivity index (χ1n) is 17.7. The average molecular weight is 574 g/mol. The molecule has 0 amide bonds. The molecule has 4 heteroatoms. The van der Waals surface area contributed by atoms with Crippen LogP contribution in [0, 0.1) is 0 Å². The molecule has 0 aromatic rings. The fourth-order valence-corrected chi connectivity index (χ4v) is 5.03. The van der Waals surface area contributed by atoms with E-state index in [1.54, 1.807) is 0 Å². The van der Waals surface area contributed by atoms with E-state index in [-0.39, 0.29) is 36.0 Å². The summed E-state index contributed by atoms with van der Waals surface area (Å²) in [5.74, 6) is -0.914. The van der Waals surface area contributed by atoms with Crippen LogP contribution in [-0.4, -0.2) is 12.5 Å². The van der Waals surface area contributed by atoms with E-state index in [4.69, 9.17) is 5.73 Å². The third kappa shape index (κ3) is 47.9. The normalized spacial score (nSPS) is 10.9. The summed E-state index contributed by atoms with van der Waals surface area (Å²) in [4.78, 5) is 10.2. The monoisotopic (exact) mass is 574 g/mol. The number of carbonyl (C=O) groups excluding carboxylic acids is 1. The first kappa shape index (κ1) is 44.6. The Balaban J connectivity index is -0.000000669. The molecule has 40 heavy (non-hydrogen) atoms. The summed E-state index contributed by atoms with van der Waals surface area (Å²) in [6, 6.07) is 0. The van der Waals surface area contributed by atoms with Gasteiger partial charge in [-0.2, -0.15) is 0 Å². The number of aliphatic carboxylic acids is 1. The Morgan fingerprint density at radius 1 is 0.475 bits per heavy atom. The molecule has 0 saturated carbocycles. The smallest absolute Gasteiger partial charge is 0.550 e. The van der Waals surface area contributed by atoms with Crippen LogP contribution in [0.1, 0.15) is 206 Å². The van der Waals surface area contributed by atoms with E-state index < -0.39 is 5.97 Å². The van der Waals surface area contributed by atoms with E-state index in [9.17, 15) is 9.90 Å². The zero-order valence-electron chi connectivity index (χ0n) is 28.0. The number of unbranched alkanes of at least 4 members (excludes halogenated alkanes) is 26. The van der Waals surface area contributed by atoms with E-state index in [2.05, 4.69) is 26.0 Å². The molecular formula is C36H72NNaO2. The maximum absolute atomic E-state index is 10.2. The summed E-state index contributed by atoms with van der Waals surface area (Å²) >= 11 is 0. The van der Waals surface area contributed by atoms with E-state index in [1.807, 2.05) is 0 Å². The van der Waals surface area contributed by atoms with Gasteiger partial charge in [0, 0.05) is 5.97 Å². The van der Waals surface area contributed by atoms with Gasteiger partial charge in [-0.15, -0.1) is 0 Å². The van der Waals surface area contributed by atoms with Crippen molar-refractivity contribution in [3.8, 4) is 0 Å². The van der Waals surface area contributed by atoms with Gasteiger partial charge >= 0.3 is 29.6 Å². The van der Waals surface area contributed by atoms with Crippen LogP contribution in [0.2, 0.25) is 0 Å². The van der Waals surface area contributed by atoms with Crippen molar-refractivity contribution in [1.29, 1.82) is 0 Å². The minimum absolute atomic E-state index is 0. The summed E-state index contributed by atoms with van der Waals surface area (Å²) in [5.41, 5.74) is 5.48. The van der Waals surface area contributed by atoms with Gasteiger partial charge in [-0.05, 0) is 51.5 Å². The Hall–Kier alpha value is 0.170. The van der Waals surface area contributed by atoms with Gasteiger partial charge in [-0.3, -0.25) is 0 Å². The minimum Gasteiger partial charge on any atom is -0.550 e. The molecule has 0 aliphatic rings. The van der Waals surface area contributed by atoms with Gasteiger partial charge in [0.25, 0.3) is 0 Å². The third-order valence-corrected chi connectivity index (χ3v) is 7.70. The van der Waals surface area contributed by atoms with Crippen LogP contribution in [0.25, 0.3) is 0 Å². The number of hydrogen-bond donors (Lipinski definition) is 1. The average Bonchev–Trinajstić information content (AvgIpc) is 2.93. The van der Waals surface area contributed by atoms with Gasteiger partial charge in [0.2, 0.25) is 0 Å². The van der Waals surface area contributed by atoms with E-state index in [0.717, 1.165) is 25.8 Å². The molecule has 0 heterocycles. The number of rotatable bonds is 31. The number of carboxylic acid groups (broad SMARTS) is 1. The summed E-state index contributed by atoms with van der Waals surface area (Å²) in [7, 11) is 0. The van der Waals surface area contributed by atoms with Crippen LogP contribution in [0.3, 0.4) is 0 Å². The number of nitrogens with two attached hydrogens (primary N) is 1. The number of allylic oxidation sites excluding steroid dienone is 2. The van der Waals surface area contributed by atoms with Crippen molar-refractivity contribution in [3.63, 3.8) is 0 Å². The molecule has 0 rings (SSSR count). The topological polar surface area (TPSA) is 66.1 Å². The second kappa shape index (κ2) is 43.6. The Kier molecular flexibility index (Phi) is 48.6. The molecular weight excluding hydrogens is 501 g/mol. The van der Waals surface area contributed by atoms with Gasteiger partial charge in [0.05, 0.1) is 0 Å². The molecule has 2 N–H and O–H groups in total. The van der Waals surface area contributed by atoms with Crippen LogP contribution in [0.5, 0.6) is 0 Å². The minimum atomic E-state index is -0.914. The van der Waals surface area contributed by atoms with Gasteiger partial charge in [-0.25, -0.2) is 0 Å². The quantitative estimate of drug-likeness (QED) is 0.0519. The standard InChI is InChI=1S/C18H39N.C18H34O2.Na/c1-2-3-4-5-6-7-8-9-10-11-12-13-14-15-16-17-18-19;1-2-3-4-5-6-7-8-9-10-11-12-13-14-15-16-17-18(19)20;/h2-19H2,1H3;9-10H,2-8,11-17H2,1H3,(H,19,20);/q;;+1/p-1/b;10-9-;. The summed E-state index contributed by atoms with van der Waals surface area (Å²) in [5, 5.41) is 10.2. The molecule has 0 atom stereocenters. The third-order valence-electron chi connectivity index (χ3n) is 7.70. The molecule has 0 radical (unpaired) electrons. The summed E-state index contributed by atoms with van der Waals surface area (Å²) in [6.07, 6.45) is 43.8. The van der Waals surface area contributed by atoms with Crippen molar-refractivity contribution < 1.29 is 39.5 Å². The fraction of sp³-hybridized carbons (Fsp3) is 0.917. The number of hydrogen-bond acceptors (Lipinski definition) is 3. The van der Waals surface area contributed by atoms with Gasteiger partial charge in [0.15, 0.2) is 0 Å². The van der Waals surface area contributed by atoms with Crippen molar-refractivity contribution in [2.45, 2.75) is 206 Å². The first-order chi connectivity index (χ1) is 19.2. The van der Waals surface area contributed by atoms with E-state index in [0.29, 0.717) is 0 Å². The molecule has 0 unspecified atom stereocenters. The van der Waals surface area contributed by atoms with Crippen LogP contribution in [0.15, 0.2) is 12.2 Å². The fourth-order valence-electron chi connectivity index (χ4n) is 5.03. The molecule has 0 bridgehead atoms. The molecule has 0 aromatic heterocycles. The second-order valence-electron chi connectivity index (χ2n) is 11.8. The van der Waals surface area contributed by atoms with Crippen LogP contribution < -0.4 is 40.4 Å². The van der Waals surface area contributed by atoms with Crippen LogP contribution in [-0.2, 0) is 4.79 Å². The molecule has 0 aromatic carbocycles. The molecule has 0 fully saturated rings. The SMILES string of the molecule is CCCCCCCC/C=C\CCCCCCCC(=O)[O-].CCCCCCCCCCCCCCCCCCN.[Na+]. The zero-order valence-corrected chi connectivity index (χ0v) is 30.0. The Morgan fingerprint density at radius 2 is 0.750 bits per heavy atom. The van der Waals surface area contributed by atoms with E-state index in [1.165, 1.54) is 167 Å². The van der Waals surface area contributed by atoms with Gasteiger partial charge in [-0.1, -0.05) is 174 Å². The van der Waals surface area contributed by atoms with Crippen molar-refractivity contribution in [2.24, 2.45) is 5.73 Å². The summed E-state index contributed by atoms with van der Waals surface area (Å²) in [6.45, 7) is 5.42. The Labute approximate surface area is 275 Å². The number of carbonyl (C=O) groups is 1. The molecule has 3 nitrogen and oxygen atoms in total. The van der Waals surface area contributed by atoms with Crippen molar-refractivity contribution in [3.05, 3.63) is 12.2 Å². The predicted octanol–water partition coefficient (Wildman–Crippen LogP) is 7.98. The Morgan fingerprint density at radius 3 is 1.05 bits per heavy atom. The molecule has 0 aliphatic carbocycles. The molecule has 0 aliphatic heterocycles. The second-order valence-corrected chi connectivity index (χ2v) is 11.8. The molecule has 0 saturated heterocycles. The summed E-state index contributed by atoms with van der Waals surface area (Å²) < 4.78 is 0. The van der Waals surface area contributed by atoms with Crippen molar-refractivity contribution >= 4 is 5.97 Å². The van der Waals surface area contributed by atoms with Crippen LogP contribution >= 0.6 is 0 Å². The zero-order chi connectivity index (χ0) is 28.9. The largest absolute Gasteiger partial charge is 1.00 e. The maximum Gasteiger partial charge on any atom is 1.00 e. The van der Waals surface area contributed by atoms with Gasteiger partial charge < -0.3 is 15.6 Å². The first-order valence-corrected chi connectivity index (χ1v) is 17.7. The molecule has 234 valence electrons. The van der Waals surface area contributed by atoms with Crippen molar-refractivity contribution in [2.75, 3.05) is 6.54 Å². The number of carboxylic acids is 1.